The van der Waals surface area contributed by atoms with Crippen LogP contribution in [0.1, 0.15) is 0 Å². The van der Waals surface area contributed by atoms with Gasteiger partial charge in [0, 0.05) is 40.3 Å². The van der Waals surface area contributed by atoms with Gasteiger partial charge < -0.3 is 9.80 Å². The molecule has 0 aliphatic carbocycles. The van der Waals surface area contributed by atoms with E-state index < -0.39 is 18.0 Å². The van der Waals surface area contributed by atoms with E-state index in [2.05, 4.69) is 0 Å². The van der Waals surface area contributed by atoms with E-state index in [1.54, 1.807) is 19.0 Å². The summed E-state index contributed by atoms with van der Waals surface area (Å²) in [6, 6.07) is 0. The van der Waals surface area contributed by atoms with Crippen LogP contribution in [0.15, 0.2) is 0 Å². The van der Waals surface area contributed by atoms with Gasteiger partial charge in [-0.3, -0.25) is 14.5 Å². The van der Waals surface area contributed by atoms with E-state index in [9.17, 15) is 31.5 Å². The minimum atomic E-state index is -5.90. The SMILES string of the molecule is CN(C)C(=O)CN1CCN(C(=O)C(F)(F)C(F)(F)F)CC1. The molecular formula is C11H16F5N3O2. The number of amides is 2. The number of rotatable bonds is 3. The maximum Gasteiger partial charge on any atom is 0.463 e. The quantitative estimate of drug-likeness (QED) is 0.709. The van der Waals surface area contributed by atoms with E-state index in [0.29, 0.717) is 4.90 Å². The smallest absolute Gasteiger partial charge is 0.348 e. The fraction of sp³-hybridized carbons (Fsp3) is 0.818. The van der Waals surface area contributed by atoms with Crippen LogP contribution < -0.4 is 0 Å². The van der Waals surface area contributed by atoms with E-state index in [0.717, 1.165) is 0 Å². The molecule has 5 nitrogen and oxygen atoms in total. The summed E-state index contributed by atoms with van der Waals surface area (Å²) < 4.78 is 62.2. The number of hydrogen-bond acceptors (Lipinski definition) is 3. The first-order chi connectivity index (χ1) is 9.46. The fourth-order valence-electron chi connectivity index (χ4n) is 1.76. The first-order valence-electron chi connectivity index (χ1n) is 6.13. The molecule has 0 radical (unpaired) electrons. The Bertz CT molecular complexity index is 403. The molecule has 0 N–H and O–H groups in total. The van der Waals surface area contributed by atoms with Crippen LogP contribution in [0.25, 0.3) is 0 Å². The molecule has 21 heavy (non-hydrogen) atoms. The molecule has 0 bridgehead atoms. The lowest BCUT2D eigenvalue weighted by Gasteiger charge is -2.36. The molecular weight excluding hydrogens is 301 g/mol. The van der Waals surface area contributed by atoms with Gasteiger partial charge in [0.1, 0.15) is 0 Å². The monoisotopic (exact) mass is 317 g/mol. The van der Waals surface area contributed by atoms with Crippen molar-refractivity contribution >= 4 is 11.8 Å². The van der Waals surface area contributed by atoms with Crippen molar-refractivity contribution in [3.8, 4) is 0 Å². The van der Waals surface area contributed by atoms with Gasteiger partial charge in [-0.2, -0.15) is 22.0 Å². The van der Waals surface area contributed by atoms with Crippen molar-refractivity contribution in [3.05, 3.63) is 0 Å². The topological polar surface area (TPSA) is 43.9 Å². The summed E-state index contributed by atoms with van der Waals surface area (Å²) in [5, 5.41) is 0. The average molecular weight is 317 g/mol. The number of nitrogens with zero attached hydrogens (tertiary/aromatic N) is 3. The van der Waals surface area contributed by atoms with Crippen LogP contribution in [0.4, 0.5) is 22.0 Å². The molecule has 1 fully saturated rings. The lowest BCUT2D eigenvalue weighted by Crippen LogP contribution is -2.58. The highest BCUT2D eigenvalue weighted by Crippen LogP contribution is 2.37. The molecule has 1 aliphatic rings. The van der Waals surface area contributed by atoms with Crippen molar-refractivity contribution in [2.75, 3.05) is 46.8 Å². The van der Waals surface area contributed by atoms with Crippen molar-refractivity contribution in [1.82, 2.24) is 14.7 Å². The fourth-order valence-corrected chi connectivity index (χ4v) is 1.76. The van der Waals surface area contributed by atoms with Gasteiger partial charge in [-0.25, -0.2) is 0 Å². The Kier molecular flexibility index (Phi) is 5.13. The van der Waals surface area contributed by atoms with E-state index in [-0.39, 0.29) is 38.6 Å². The van der Waals surface area contributed by atoms with Crippen molar-refractivity contribution < 1.29 is 31.5 Å². The lowest BCUT2D eigenvalue weighted by molar-refractivity contribution is -0.274. The third-order valence-electron chi connectivity index (χ3n) is 3.14. The van der Waals surface area contributed by atoms with Gasteiger partial charge in [-0.05, 0) is 0 Å². The Morgan fingerprint density at radius 1 is 1.00 bits per heavy atom. The maximum atomic E-state index is 12.9. The second kappa shape index (κ2) is 6.12. The number of alkyl halides is 5. The molecule has 1 saturated heterocycles. The Morgan fingerprint density at radius 3 is 1.86 bits per heavy atom. The summed E-state index contributed by atoms with van der Waals surface area (Å²) in [5.74, 6) is -7.83. The molecule has 122 valence electrons. The third kappa shape index (κ3) is 4.02. The average Bonchev–Trinajstić information content (AvgIpc) is 2.37. The predicted octanol–water partition coefficient (Wildman–Crippen LogP) is 0.416. The highest BCUT2D eigenvalue weighted by Gasteiger charge is 2.64. The van der Waals surface area contributed by atoms with Crippen molar-refractivity contribution in [2.24, 2.45) is 0 Å². The number of carbonyl (C=O) groups is 2. The van der Waals surface area contributed by atoms with Gasteiger partial charge in [0.05, 0.1) is 6.54 Å². The molecule has 10 heteroatoms. The summed E-state index contributed by atoms with van der Waals surface area (Å²) in [6.07, 6.45) is -5.90. The second-order valence-corrected chi connectivity index (χ2v) is 4.93. The molecule has 0 unspecified atom stereocenters. The van der Waals surface area contributed by atoms with Gasteiger partial charge in [0.25, 0.3) is 0 Å². The molecule has 0 aromatic heterocycles. The van der Waals surface area contributed by atoms with E-state index in [4.69, 9.17) is 0 Å². The minimum absolute atomic E-state index is 0.0324. The molecule has 1 heterocycles. The first kappa shape index (κ1) is 17.6. The molecule has 1 aliphatic heterocycles. The Labute approximate surface area is 118 Å². The number of piperazine rings is 1. The zero-order valence-corrected chi connectivity index (χ0v) is 11.6. The van der Waals surface area contributed by atoms with Crippen LogP contribution in [0, 0.1) is 0 Å². The molecule has 0 aromatic carbocycles. The van der Waals surface area contributed by atoms with Gasteiger partial charge in [-0.1, -0.05) is 0 Å². The number of carbonyl (C=O) groups excluding carboxylic acids is 2. The molecule has 0 aromatic rings. The largest absolute Gasteiger partial charge is 0.463 e. The zero-order chi connectivity index (χ0) is 16.4. The Morgan fingerprint density at radius 2 is 1.48 bits per heavy atom. The highest BCUT2D eigenvalue weighted by molar-refractivity contribution is 5.84. The zero-order valence-electron chi connectivity index (χ0n) is 11.6. The summed E-state index contributed by atoms with van der Waals surface area (Å²) in [5.41, 5.74) is 0. The summed E-state index contributed by atoms with van der Waals surface area (Å²) in [7, 11) is 3.10. The summed E-state index contributed by atoms with van der Waals surface area (Å²) >= 11 is 0. The highest BCUT2D eigenvalue weighted by atomic mass is 19.4. The van der Waals surface area contributed by atoms with Crippen molar-refractivity contribution in [1.29, 1.82) is 0 Å². The maximum absolute atomic E-state index is 12.9. The molecule has 0 spiro atoms. The summed E-state index contributed by atoms with van der Waals surface area (Å²) in [4.78, 5) is 26.1. The predicted molar refractivity (Wildman–Crippen MR) is 62.7 cm³/mol. The van der Waals surface area contributed by atoms with Crippen LogP contribution in [0.3, 0.4) is 0 Å². The summed E-state index contributed by atoms with van der Waals surface area (Å²) in [6.45, 7) is -0.375. The van der Waals surface area contributed by atoms with Crippen molar-refractivity contribution in [2.45, 2.75) is 12.1 Å². The van der Waals surface area contributed by atoms with Crippen LogP contribution in [-0.4, -0.2) is 85.4 Å². The Hall–Kier alpha value is -1.45. The lowest BCUT2D eigenvalue weighted by atomic mass is 10.2. The van der Waals surface area contributed by atoms with Gasteiger partial charge >= 0.3 is 18.0 Å². The van der Waals surface area contributed by atoms with Gasteiger partial charge in [0.15, 0.2) is 0 Å². The van der Waals surface area contributed by atoms with E-state index in [1.165, 1.54) is 4.90 Å². The van der Waals surface area contributed by atoms with Crippen LogP contribution >= 0.6 is 0 Å². The standard InChI is InChI=1S/C11H16F5N3O2/c1-17(2)8(20)7-18-3-5-19(6-4-18)9(21)10(12,13)11(14,15)16/h3-7H2,1-2H3. The Balaban J connectivity index is 2.57. The minimum Gasteiger partial charge on any atom is -0.348 e. The second-order valence-electron chi connectivity index (χ2n) is 4.93. The third-order valence-corrected chi connectivity index (χ3v) is 3.14. The van der Waals surface area contributed by atoms with Crippen LogP contribution in [0.5, 0.6) is 0 Å². The van der Waals surface area contributed by atoms with Crippen LogP contribution in [-0.2, 0) is 9.59 Å². The van der Waals surface area contributed by atoms with Crippen molar-refractivity contribution in [3.63, 3.8) is 0 Å². The van der Waals surface area contributed by atoms with Crippen LogP contribution in [0.2, 0.25) is 0 Å². The molecule has 0 atom stereocenters. The normalized spacial score (nSPS) is 17.8. The number of likely N-dealkylation sites (N-methyl/N-ethyl adjacent to an activating group) is 1. The molecule has 1 rings (SSSR count). The van der Waals surface area contributed by atoms with E-state index >= 15 is 0 Å². The van der Waals surface area contributed by atoms with E-state index in [1.807, 2.05) is 0 Å². The molecule has 2 amide bonds. The number of hydrogen-bond donors (Lipinski definition) is 0. The molecule has 0 saturated carbocycles. The first-order valence-corrected chi connectivity index (χ1v) is 6.13. The van der Waals surface area contributed by atoms with Gasteiger partial charge in [-0.15, -0.1) is 0 Å². The number of halogens is 5. The van der Waals surface area contributed by atoms with Gasteiger partial charge in [0.2, 0.25) is 5.91 Å².